The van der Waals surface area contributed by atoms with Gasteiger partial charge >= 0.3 is 0 Å². The van der Waals surface area contributed by atoms with Crippen LogP contribution >= 0.6 is 11.6 Å². The maximum atomic E-state index is 11.3. The summed E-state index contributed by atoms with van der Waals surface area (Å²) in [5, 5.41) is 0.680. The van der Waals surface area contributed by atoms with Crippen LogP contribution in [0.5, 0.6) is 0 Å². The average molecular weight is 234 g/mol. The minimum absolute atomic E-state index is 0.300. The summed E-state index contributed by atoms with van der Waals surface area (Å²) in [5.74, 6) is -0.573. The minimum atomic E-state index is -0.598. The van der Waals surface area contributed by atoms with Crippen LogP contribution in [0.4, 0.5) is 0 Å². The Morgan fingerprint density at radius 2 is 1.56 bits per heavy atom. The monoisotopic (exact) mass is 233 g/mol. The second-order valence-corrected chi connectivity index (χ2v) is 3.69. The van der Waals surface area contributed by atoms with Crippen molar-refractivity contribution in [3.8, 4) is 0 Å². The maximum Gasteiger partial charge on any atom is 0.253 e. The van der Waals surface area contributed by atoms with E-state index < -0.39 is 11.1 Å². The fourth-order valence-electron chi connectivity index (χ4n) is 1.71. The molecule has 3 nitrogen and oxygen atoms in total. The Morgan fingerprint density at radius 3 is 2.06 bits per heavy atom. The first kappa shape index (κ1) is 10.6. The van der Waals surface area contributed by atoms with Crippen molar-refractivity contribution in [3.05, 3.63) is 47.5 Å². The van der Waals surface area contributed by atoms with Gasteiger partial charge in [0.1, 0.15) is 0 Å². The zero-order chi connectivity index (χ0) is 11.7. The molecular weight excluding hydrogens is 226 g/mol. The molecule has 0 atom stereocenters. The molecule has 80 valence electrons. The number of benzene rings is 2. The molecule has 0 unspecified atom stereocenters. The number of carbonyl (C=O) groups excluding carboxylic acids is 2. The van der Waals surface area contributed by atoms with Gasteiger partial charge in [-0.05, 0) is 29.1 Å². The van der Waals surface area contributed by atoms with Crippen molar-refractivity contribution in [2.24, 2.45) is 5.73 Å². The average Bonchev–Trinajstić information content (AvgIpc) is 2.27. The Labute approximate surface area is 96.8 Å². The van der Waals surface area contributed by atoms with Crippen molar-refractivity contribution in [2.45, 2.75) is 0 Å². The fourth-order valence-corrected chi connectivity index (χ4v) is 1.87. The van der Waals surface area contributed by atoms with Gasteiger partial charge in [-0.3, -0.25) is 9.59 Å². The molecular formula is C12H8ClNO2. The van der Waals surface area contributed by atoms with E-state index in [0.29, 0.717) is 16.5 Å². The SMILES string of the molecule is NC(=O)c1cccc2cccc(C(=O)Cl)c12. The zero-order valence-corrected chi connectivity index (χ0v) is 8.99. The van der Waals surface area contributed by atoms with E-state index in [2.05, 4.69) is 0 Å². The number of hydrogen-bond acceptors (Lipinski definition) is 2. The molecule has 0 saturated carbocycles. The largest absolute Gasteiger partial charge is 0.366 e. The highest BCUT2D eigenvalue weighted by Gasteiger charge is 2.13. The highest BCUT2D eigenvalue weighted by molar-refractivity contribution is 6.68. The first-order chi connectivity index (χ1) is 7.61. The van der Waals surface area contributed by atoms with Gasteiger partial charge in [0.15, 0.2) is 0 Å². The molecule has 2 aromatic rings. The van der Waals surface area contributed by atoms with Crippen molar-refractivity contribution in [2.75, 3.05) is 0 Å². The molecule has 0 aliphatic rings. The van der Waals surface area contributed by atoms with E-state index >= 15 is 0 Å². The summed E-state index contributed by atoms with van der Waals surface area (Å²) in [6.45, 7) is 0. The van der Waals surface area contributed by atoms with Crippen LogP contribution in [0.15, 0.2) is 36.4 Å². The fraction of sp³-hybridized carbons (Fsp3) is 0. The number of nitrogens with two attached hydrogens (primary N) is 1. The van der Waals surface area contributed by atoms with Crippen molar-refractivity contribution in [1.82, 2.24) is 0 Å². The number of halogens is 1. The summed E-state index contributed by atoms with van der Waals surface area (Å²) >= 11 is 5.47. The summed E-state index contributed by atoms with van der Waals surface area (Å²) in [7, 11) is 0. The van der Waals surface area contributed by atoms with E-state index in [9.17, 15) is 9.59 Å². The standard InChI is InChI=1S/C12H8ClNO2/c13-11(15)8-5-1-3-7-4-2-6-9(10(7)8)12(14)16/h1-6H,(H2,14,16). The van der Waals surface area contributed by atoms with E-state index in [4.69, 9.17) is 17.3 Å². The molecule has 0 heterocycles. The topological polar surface area (TPSA) is 60.2 Å². The Hall–Kier alpha value is -1.87. The summed E-state index contributed by atoms with van der Waals surface area (Å²) in [6.07, 6.45) is 0. The molecule has 0 aromatic heterocycles. The van der Waals surface area contributed by atoms with Crippen LogP contribution in [0.2, 0.25) is 0 Å². The van der Waals surface area contributed by atoms with Crippen LogP contribution < -0.4 is 5.73 Å². The number of rotatable bonds is 2. The first-order valence-corrected chi connectivity index (χ1v) is 5.00. The lowest BCUT2D eigenvalue weighted by Gasteiger charge is -2.06. The lowest BCUT2D eigenvalue weighted by Crippen LogP contribution is -2.12. The Morgan fingerprint density at radius 1 is 1.00 bits per heavy atom. The van der Waals surface area contributed by atoms with E-state index in [1.807, 2.05) is 0 Å². The van der Waals surface area contributed by atoms with E-state index in [-0.39, 0.29) is 0 Å². The van der Waals surface area contributed by atoms with Crippen LogP contribution in [0.1, 0.15) is 20.7 Å². The second kappa shape index (κ2) is 3.94. The molecule has 16 heavy (non-hydrogen) atoms. The van der Waals surface area contributed by atoms with Crippen LogP contribution in [0.3, 0.4) is 0 Å². The van der Waals surface area contributed by atoms with Gasteiger partial charge < -0.3 is 5.73 Å². The van der Waals surface area contributed by atoms with E-state index in [1.165, 1.54) is 0 Å². The number of fused-ring (bicyclic) bond motifs is 1. The number of hydrogen-bond donors (Lipinski definition) is 1. The third-order valence-corrected chi connectivity index (χ3v) is 2.59. The summed E-state index contributed by atoms with van der Waals surface area (Å²) in [5.41, 5.74) is 5.86. The molecule has 4 heteroatoms. The van der Waals surface area contributed by atoms with Gasteiger partial charge in [0, 0.05) is 16.5 Å². The summed E-state index contributed by atoms with van der Waals surface area (Å²) < 4.78 is 0. The van der Waals surface area contributed by atoms with Crippen LogP contribution in [0, 0.1) is 0 Å². The summed E-state index contributed by atoms with van der Waals surface area (Å²) in [6, 6.07) is 10.2. The van der Waals surface area contributed by atoms with Crippen molar-refractivity contribution in [1.29, 1.82) is 0 Å². The molecule has 0 aliphatic carbocycles. The van der Waals surface area contributed by atoms with Gasteiger partial charge in [-0.1, -0.05) is 24.3 Å². The lowest BCUT2D eigenvalue weighted by atomic mass is 9.99. The van der Waals surface area contributed by atoms with E-state index in [1.54, 1.807) is 36.4 Å². The molecule has 0 spiro atoms. The van der Waals surface area contributed by atoms with Gasteiger partial charge in [0.25, 0.3) is 5.24 Å². The predicted molar refractivity (Wildman–Crippen MR) is 62.6 cm³/mol. The maximum absolute atomic E-state index is 11.3. The van der Waals surface area contributed by atoms with Crippen molar-refractivity contribution < 1.29 is 9.59 Å². The van der Waals surface area contributed by atoms with E-state index in [0.717, 1.165) is 5.39 Å². The highest BCUT2D eigenvalue weighted by atomic mass is 35.5. The zero-order valence-electron chi connectivity index (χ0n) is 8.24. The second-order valence-electron chi connectivity index (χ2n) is 3.35. The van der Waals surface area contributed by atoms with Crippen molar-refractivity contribution >= 4 is 33.5 Å². The molecule has 2 rings (SSSR count). The smallest absolute Gasteiger partial charge is 0.253 e. The highest BCUT2D eigenvalue weighted by Crippen LogP contribution is 2.24. The molecule has 2 aromatic carbocycles. The third-order valence-electron chi connectivity index (χ3n) is 2.38. The molecule has 0 aliphatic heterocycles. The van der Waals surface area contributed by atoms with Crippen LogP contribution in [0.25, 0.3) is 10.8 Å². The molecule has 0 saturated heterocycles. The van der Waals surface area contributed by atoms with Gasteiger partial charge in [0.2, 0.25) is 5.91 Å². The minimum Gasteiger partial charge on any atom is -0.366 e. The molecule has 2 N–H and O–H groups in total. The third kappa shape index (κ3) is 1.66. The molecule has 1 amide bonds. The predicted octanol–water partition coefficient (Wildman–Crippen LogP) is 2.32. The number of amides is 1. The number of carbonyl (C=O) groups is 2. The Kier molecular flexibility index (Phi) is 2.62. The van der Waals surface area contributed by atoms with Gasteiger partial charge in [-0.15, -0.1) is 0 Å². The van der Waals surface area contributed by atoms with Gasteiger partial charge in [-0.25, -0.2) is 0 Å². The lowest BCUT2D eigenvalue weighted by molar-refractivity contribution is 0.100. The Bertz CT molecular complexity index is 544. The van der Waals surface area contributed by atoms with Crippen LogP contribution in [-0.4, -0.2) is 11.1 Å². The normalized spacial score (nSPS) is 10.3. The van der Waals surface area contributed by atoms with Gasteiger partial charge in [0.05, 0.1) is 0 Å². The van der Waals surface area contributed by atoms with Crippen LogP contribution in [-0.2, 0) is 0 Å². The Balaban J connectivity index is 2.92. The quantitative estimate of drug-likeness (QED) is 0.810. The first-order valence-electron chi connectivity index (χ1n) is 4.62. The summed E-state index contributed by atoms with van der Waals surface area (Å²) in [4.78, 5) is 22.5. The molecule has 0 radical (unpaired) electrons. The van der Waals surface area contributed by atoms with Crippen molar-refractivity contribution in [3.63, 3.8) is 0 Å². The van der Waals surface area contributed by atoms with Gasteiger partial charge in [-0.2, -0.15) is 0 Å². The molecule has 0 bridgehead atoms. The number of primary amides is 1. The molecule has 0 fully saturated rings.